The molecule has 0 unspecified atom stereocenters. The van der Waals surface area contributed by atoms with Crippen molar-refractivity contribution >= 4 is 5.65 Å². The molecule has 2 heterocycles. The Morgan fingerprint density at radius 2 is 1.67 bits per heavy atom. The van der Waals surface area contributed by atoms with Crippen LogP contribution in [0.25, 0.3) is 16.9 Å². The van der Waals surface area contributed by atoms with E-state index in [9.17, 15) is 0 Å². The number of aryl methyl sites for hydroxylation is 1. The standard InChI is InChI=1S/C14H12N2.C2H6/c1-11-5-7-12(8-6-11)13-3-2-4-14-15-9-10-16(13)14;1-2/h2-10H,1H3;1-2H3. The minimum atomic E-state index is 0.984. The highest BCUT2D eigenvalue weighted by molar-refractivity contribution is 5.63. The minimum absolute atomic E-state index is 0.984. The van der Waals surface area contributed by atoms with Crippen LogP contribution in [0.4, 0.5) is 0 Å². The normalized spacial score (nSPS) is 9.94. The summed E-state index contributed by atoms with van der Waals surface area (Å²) in [4.78, 5) is 4.29. The molecule has 0 radical (unpaired) electrons. The van der Waals surface area contributed by atoms with E-state index in [0.29, 0.717) is 0 Å². The Labute approximate surface area is 108 Å². The van der Waals surface area contributed by atoms with Crippen LogP contribution in [-0.2, 0) is 0 Å². The Bertz CT molecular complexity index is 621. The molecule has 3 aromatic rings. The lowest BCUT2D eigenvalue weighted by atomic mass is 10.1. The van der Waals surface area contributed by atoms with Crippen molar-refractivity contribution in [2.24, 2.45) is 0 Å². The average Bonchev–Trinajstić information content (AvgIpc) is 2.90. The van der Waals surface area contributed by atoms with Gasteiger partial charge in [0.25, 0.3) is 0 Å². The van der Waals surface area contributed by atoms with Crippen molar-refractivity contribution in [1.82, 2.24) is 9.38 Å². The van der Waals surface area contributed by atoms with Crippen LogP contribution in [0.2, 0.25) is 0 Å². The van der Waals surface area contributed by atoms with E-state index in [4.69, 9.17) is 0 Å². The van der Waals surface area contributed by atoms with E-state index in [0.717, 1.165) is 5.65 Å². The Morgan fingerprint density at radius 3 is 2.39 bits per heavy atom. The summed E-state index contributed by atoms with van der Waals surface area (Å²) in [5.41, 5.74) is 4.66. The van der Waals surface area contributed by atoms with Crippen LogP contribution in [0.3, 0.4) is 0 Å². The first-order chi connectivity index (χ1) is 8.84. The summed E-state index contributed by atoms with van der Waals surface area (Å²) in [5, 5.41) is 0. The third kappa shape index (κ3) is 2.28. The molecule has 92 valence electrons. The fraction of sp³-hybridized carbons (Fsp3) is 0.188. The zero-order valence-electron chi connectivity index (χ0n) is 11.1. The topological polar surface area (TPSA) is 17.3 Å². The van der Waals surface area contributed by atoms with Crippen molar-refractivity contribution in [3.8, 4) is 11.3 Å². The van der Waals surface area contributed by atoms with E-state index in [1.165, 1.54) is 16.8 Å². The third-order valence-corrected chi connectivity index (χ3v) is 2.78. The van der Waals surface area contributed by atoms with Gasteiger partial charge in [0.15, 0.2) is 0 Å². The molecule has 3 rings (SSSR count). The molecule has 0 amide bonds. The smallest absolute Gasteiger partial charge is 0.137 e. The number of aromatic nitrogens is 2. The Morgan fingerprint density at radius 1 is 0.944 bits per heavy atom. The van der Waals surface area contributed by atoms with Crippen LogP contribution >= 0.6 is 0 Å². The van der Waals surface area contributed by atoms with E-state index in [2.05, 4.69) is 46.6 Å². The van der Waals surface area contributed by atoms with Gasteiger partial charge in [0.05, 0.1) is 5.69 Å². The van der Waals surface area contributed by atoms with Gasteiger partial charge in [-0.15, -0.1) is 0 Å². The molecule has 0 bridgehead atoms. The quantitative estimate of drug-likeness (QED) is 0.616. The van der Waals surface area contributed by atoms with Crippen molar-refractivity contribution in [2.45, 2.75) is 20.8 Å². The number of nitrogens with zero attached hydrogens (tertiary/aromatic N) is 2. The van der Waals surface area contributed by atoms with Crippen LogP contribution in [0.5, 0.6) is 0 Å². The maximum atomic E-state index is 4.29. The summed E-state index contributed by atoms with van der Waals surface area (Å²) < 4.78 is 2.10. The predicted octanol–water partition coefficient (Wildman–Crippen LogP) is 4.34. The van der Waals surface area contributed by atoms with Gasteiger partial charge in [0.2, 0.25) is 0 Å². The third-order valence-electron chi connectivity index (χ3n) is 2.78. The maximum Gasteiger partial charge on any atom is 0.137 e. The molecule has 0 saturated carbocycles. The van der Waals surface area contributed by atoms with Crippen molar-refractivity contribution in [3.63, 3.8) is 0 Å². The number of hydrogen-bond acceptors (Lipinski definition) is 1. The first-order valence-electron chi connectivity index (χ1n) is 6.34. The first-order valence-corrected chi connectivity index (χ1v) is 6.34. The lowest BCUT2D eigenvalue weighted by molar-refractivity contribution is 1.19. The zero-order valence-corrected chi connectivity index (χ0v) is 11.1. The number of rotatable bonds is 1. The molecule has 0 saturated heterocycles. The molecule has 2 heteroatoms. The maximum absolute atomic E-state index is 4.29. The van der Waals surface area contributed by atoms with Crippen LogP contribution in [0.15, 0.2) is 54.9 Å². The van der Waals surface area contributed by atoms with Crippen LogP contribution in [-0.4, -0.2) is 9.38 Å². The van der Waals surface area contributed by atoms with E-state index in [1.54, 1.807) is 0 Å². The summed E-state index contributed by atoms with van der Waals surface area (Å²) >= 11 is 0. The van der Waals surface area contributed by atoms with Gasteiger partial charge >= 0.3 is 0 Å². The number of imidazole rings is 1. The van der Waals surface area contributed by atoms with E-state index in [-0.39, 0.29) is 0 Å². The summed E-state index contributed by atoms with van der Waals surface area (Å²) in [6.45, 7) is 6.10. The van der Waals surface area contributed by atoms with Gasteiger partial charge in [-0.1, -0.05) is 49.7 Å². The Balaban J connectivity index is 0.000000574. The van der Waals surface area contributed by atoms with Gasteiger partial charge in [-0.2, -0.15) is 0 Å². The van der Waals surface area contributed by atoms with Gasteiger partial charge < -0.3 is 0 Å². The molecule has 0 atom stereocenters. The Hall–Kier alpha value is -2.09. The number of fused-ring (bicyclic) bond motifs is 1. The van der Waals surface area contributed by atoms with Crippen molar-refractivity contribution in [1.29, 1.82) is 0 Å². The monoisotopic (exact) mass is 238 g/mol. The summed E-state index contributed by atoms with van der Waals surface area (Å²) in [6, 6.07) is 14.7. The molecule has 0 aliphatic rings. The van der Waals surface area contributed by atoms with E-state index < -0.39 is 0 Å². The van der Waals surface area contributed by atoms with Crippen molar-refractivity contribution < 1.29 is 0 Å². The molecule has 0 fully saturated rings. The summed E-state index contributed by atoms with van der Waals surface area (Å²) in [6.07, 6.45) is 3.82. The second-order valence-corrected chi connectivity index (χ2v) is 3.93. The highest BCUT2D eigenvalue weighted by Crippen LogP contribution is 2.20. The number of benzene rings is 1. The van der Waals surface area contributed by atoms with Gasteiger partial charge in [-0.3, -0.25) is 4.40 Å². The van der Waals surface area contributed by atoms with Crippen molar-refractivity contribution in [3.05, 3.63) is 60.4 Å². The lowest BCUT2D eigenvalue weighted by Gasteiger charge is -2.05. The Kier molecular flexibility index (Phi) is 3.78. The number of hydrogen-bond donors (Lipinski definition) is 0. The summed E-state index contributed by atoms with van der Waals surface area (Å²) in [7, 11) is 0. The number of pyridine rings is 1. The highest BCUT2D eigenvalue weighted by Gasteiger charge is 2.02. The highest BCUT2D eigenvalue weighted by atomic mass is 15.0. The van der Waals surface area contributed by atoms with Crippen molar-refractivity contribution in [2.75, 3.05) is 0 Å². The van der Waals surface area contributed by atoms with Crippen LogP contribution in [0, 0.1) is 6.92 Å². The minimum Gasteiger partial charge on any atom is -0.300 e. The van der Waals surface area contributed by atoms with Gasteiger partial charge in [0, 0.05) is 12.4 Å². The van der Waals surface area contributed by atoms with E-state index >= 15 is 0 Å². The molecule has 2 aromatic heterocycles. The fourth-order valence-corrected chi connectivity index (χ4v) is 1.91. The van der Waals surface area contributed by atoms with Gasteiger partial charge in [-0.25, -0.2) is 4.98 Å². The van der Waals surface area contributed by atoms with Gasteiger partial charge in [-0.05, 0) is 24.6 Å². The average molecular weight is 238 g/mol. The zero-order chi connectivity index (χ0) is 13.0. The fourth-order valence-electron chi connectivity index (χ4n) is 1.91. The van der Waals surface area contributed by atoms with E-state index in [1.807, 2.05) is 38.4 Å². The van der Waals surface area contributed by atoms with Crippen LogP contribution in [0.1, 0.15) is 19.4 Å². The molecule has 0 spiro atoms. The molecule has 18 heavy (non-hydrogen) atoms. The summed E-state index contributed by atoms with van der Waals surface area (Å²) in [5.74, 6) is 0. The molecular formula is C16H18N2. The second-order valence-electron chi connectivity index (χ2n) is 3.93. The predicted molar refractivity (Wildman–Crippen MR) is 76.7 cm³/mol. The second kappa shape index (κ2) is 5.50. The molecule has 2 nitrogen and oxygen atoms in total. The SMILES string of the molecule is CC.Cc1ccc(-c2cccc3nccn23)cc1. The molecule has 0 aliphatic carbocycles. The molecular weight excluding hydrogens is 220 g/mol. The largest absolute Gasteiger partial charge is 0.300 e. The molecule has 1 aromatic carbocycles. The van der Waals surface area contributed by atoms with Gasteiger partial charge in [0.1, 0.15) is 5.65 Å². The molecule has 0 aliphatic heterocycles. The first kappa shape index (κ1) is 12.4. The van der Waals surface area contributed by atoms with Crippen LogP contribution < -0.4 is 0 Å². The molecule has 0 N–H and O–H groups in total. The lowest BCUT2D eigenvalue weighted by Crippen LogP contribution is -1.89.